The number of hydrogen-bond acceptors (Lipinski definition) is 5. The van der Waals surface area contributed by atoms with Crippen LogP contribution in [0.3, 0.4) is 0 Å². The monoisotopic (exact) mass is 396 g/mol. The Hall–Kier alpha value is -3.06. The third-order valence-corrected chi connectivity index (χ3v) is 5.65. The van der Waals surface area contributed by atoms with Gasteiger partial charge in [-0.3, -0.25) is 4.90 Å². The quantitative estimate of drug-likeness (QED) is 0.592. The molecule has 0 unspecified atom stereocenters. The molecule has 0 spiro atoms. The molecule has 2 N–H and O–H groups in total. The number of fused-ring (bicyclic) bond motifs is 3. The average molecular weight is 396 g/mol. The molecule has 2 aromatic rings. The smallest absolute Gasteiger partial charge is 0.449 e. The summed E-state index contributed by atoms with van der Waals surface area (Å²) >= 11 is 0. The molecule has 1 amide bonds. The summed E-state index contributed by atoms with van der Waals surface area (Å²) in [5.41, 5.74) is 1.58. The first-order valence-electron chi connectivity index (χ1n) is 9.83. The van der Waals surface area contributed by atoms with Crippen LogP contribution in [-0.2, 0) is 4.74 Å². The Balaban J connectivity index is 1.52. The fraction of sp³-hybridized carbons (Fsp3) is 0.364. The van der Waals surface area contributed by atoms with Crippen molar-refractivity contribution < 1.29 is 24.2 Å². The molecule has 3 aliphatic heterocycles. The predicted octanol–water partition coefficient (Wildman–Crippen LogP) is 3.65. The van der Waals surface area contributed by atoms with Crippen LogP contribution >= 0.6 is 0 Å². The van der Waals surface area contributed by atoms with Crippen LogP contribution in [0.5, 0.6) is 5.75 Å². The van der Waals surface area contributed by atoms with E-state index < -0.39 is 18.3 Å². The summed E-state index contributed by atoms with van der Waals surface area (Å²) in [5.74, 6) is 0.622. The van der Waals surface area contributed by atoms with Gasteiger partial charge >= 0.3 is 12.2 Å². The van der Waals surface area contributed by atoms with Gasteiger partial charge in [0.05, 0.1) is 6.04 Å². The van der Waals surface area contributed by atoms with Crippen LogP contribution in [0.25, 0.3) is 0 Å². The number of benzene rings is 2. The lowest BCUT2D eigenvalue weighted by molar-refractivity contribution is -0.0336. The second kappa shape index (κ2) is 8.53. The van der Waals surface area contributed by atoms with Gasteiger partial charge in [-0.25, -0.2) is 9.59 Å². The van der Waals surface area contributed by atoms with Crippen molar-refractivity contribution in [2.75, 3.05) is 19.6 Å². The van der Waals surface area contributed by atoms with E-state index in [9.17, 15) is 9.59 Å². The van der Waals surface area contributed by atoms with Crippen LogP contribution in [-0.4, -0.2) is 48.0 Å². The molecule has 3 heterocycles. The third-order valence-electron chi connectivity index (χ3n) is 5.65. The number of carbonyl (C=O) groups is 2. The minimum Gasteiger partial charge on any atom is -0.449 e. The number of nitrogens with one attached hydrogen (secondary N) is 1. The van der Waals surface area contributed by atoms with Crippen LogP contribution < -0.4 is 10.1 Å². The number of nitrogens with zero attached hydrogens (tertiary/aromatic N) is 1. The number of ether oxygens (including phenoxy) is 2. The van der Waals surface area contributed by atoms with E-state index in [1.165, 1.54) is 0 Å². The van der Waals surface area contributed by atoms with Gasteiger partial charge in [-0.05, 0) is 55.1 Å². The fourth-order valence-electron chi connectivity index (χ4n) is 4.20. The summed E-state index contributed by atoms with van der Waals surface area (Å²) in [7, 11) is 0. The van der Waals surface area contributed by atoms with Crippen molar-refractivity contribution in [1.82, 2.24) is 10.2 Å². The molecule has 152 valence electrons. The molecular weight excluding hydrogens is 372 g/mol. The first-order valence-corrected chi connectivity index (χ1v) is 9.83. The summed E-state index contributed by atoms with van der Waals surface area (Å²) in [6.07, 6.45) is 0.189. The Morgan fingerprint density at radius 1 is 1.03 bits per heavy atom. The van der Waals surface area contributed by atoms with Crippen molar-refractivity contribution in [1.29, 1.82) is 0 Å². The molecule has 0 saturated carbocycles. The lowest BCUT2D eigenvalue weighted by atomic mass is 9.86. The molecule has 29 heavy (non-hydrogen) atoms. The minimum absolute atomic E-state index is 0.0874. The van der Waals surface area contributed by atoms with Gasteiger partial charge in [-0.15, -0.1) is 0 Å². The van der Waals surface area contributed by atoms with Crippen molar-refractivity contribution in [3.8, 4) is 5.75 Å². The molecule has 7 heteroatoms. The van der Waals surface area contributed by atoms with Crippen LogP contribution in [0.2, 0.25) is 0 Å². The molecule has 2 bridgehead atoms. The van der Waals surface area contributed by atoms with Crippen LogP contribution in [0.1, 0.15) is 30.0 Å². The summed E-state index contributed by atoms with van der Waals surface area (Å²) in [6.45, 7) is 2.94. The lowest BCUT2D eigenvalue weighted by Gasteiger charge is -2.43. The molecular formula is C22H24N2O5. The van der Waals surface area contributed by atoms with Crippen LogP contribution in [0.4, 0.5) is 9.59 Å². The number of rotatable bonds is 5. The summed E-state index contributed by atoms with van der Waals surface area (Å²) < 4.78 is 10.5. The maximum Gasteiger partial charge on any atom is 0.511 e. The SMILES string of the molecule is O=C(O)Oc1cccc([C@@H](NC(=O)O[C@H]2CN3CCC2CC3)c2ccccc2)c1. The molecule has 3 aliphatic rings. The number of carbonyl (C=O) groups excluding carboxylic acids is 1. The summed E-state index contributed by atoms with van der Waals surface area (Å²) in [6, 6.07) is 15.7. The molecule has 5 rings (SSSR count). The Bertz CT molecular complexity index is 865. The zero-order chi connectivity index (χ0) is 20.2. The van der Waals surface area contributed by atoms with Crippen LogP contribution in [0.15, 0.2) is 54.6 Å². The topological polar surface area (TPSA) is 88.1 Å². The van der Waals surface area contributed by atoms with E-state index >= 15 is 0 Å². The Morgan fingerprint density at radius 2 is 1.76 bits per heavy atom. The van der Waals surface area contributed by atoms with E-state index in [0.717, 1.165) is 38.0 Å². The number of piperidine rings is 3. The van der Waals surface area contributed by atoms with E-state index in [4.69, 9.17) is 14.6 Å². The molecule has 2 aromatic carbocycles. The van der Waals surface area contributed by atoms with Gasteiger partial charge < -0.3 is 19.9 Å². The Morgan fingerprint density at radius 3 is 2.41 bits per heavy atom. The molecule has 0 aliphatic carbocycles. The van der Waals surface area contributed by atoms with E-state index in [0.29, 0.717) is 11.5 Å². The van der Waals surface area contributed by atoms with Gasteiger partial charge in [0.25, 0.3) is 0 Å². The van der Waals surface area contributed by atoms with Crippen molar-refractivity contribution in [3.05, 3.63) is 65.7 Å². The van der Waals surface area contributed by atoms with Gasteiger partial charge in [0.15, 0.2) is 0 Å². The highest BCUT2D eigenvalue weighted by Gasteiger charge is 2.36. The summed E-state index contributed by atoms with van der Waals surface area (Å²) in [5, 5.41) is 11.8. The first-order chi connectivity index (χ1) is 14.1. The molecule has 2 atom stereocenters. The maximum atomic E-state index is 12.7. The molecule has 3 saturated heterocycles. The average Bonchev–Trinajstić information content (AvgIpc) is 2.73. The second-order valence-corrected chi connectivity index (χ2v) is 7.51. The normalized spacial score (nSPS) is 23.8. The standard InChI is InChI=1S/C22H24N2O5/c25-21(29-19-14-24-11-9-15(19)10-12-24)23-20(16-5-2-1-3-6-16)17-7-4-8-18(13-17)28-22(26)27/h1-8,13,15,19-20H,9-12,14H2,(H,23,25)(H,26,27)/t19-,20-/m0/s1. The van der Waals surface area contributed by atoms with Crippen molar-refractivity contribution in [2.24, 2.45) is 5.92 Å². The highest BCUT2D eigenvalue weighted by Crippen LogP contribution is 2.30. The molecule has 0 aromatic heterocycles. The minimum atomic E-state index is -1.38. The van der Waals surface area contributed by atoms with E-state index in [-0.39, 0.29) is 11.9 Å². The van der Waals surface area contributed by atoms with Crippen molar-refractivity contribution >= 4 is 12.2 Å². The number of carboxylic acid groups (broad SMARTS) is 1. The zero-order valence-corrected chi connectivity index (χ0v) is 16.0. The van der Waals surface area contributed by atoms with Gasteiger partial charge in [0.1, 0.15) is 11.9 Å². The van der Waals surface area contributed by atoms with Crippen molar-refractivity contribution in [3.63, 3.8) is 0 Å². The van der Waals surface area contributed by atoms with E-state index in [1.54, 1.807) is 18.2 Å². The van der Waals surface area contributed by atoms with Gasteiger partial charge in [0, 0.05) is 6.54 Å². The molecule has 0 radical (unpaired) electrons. The first kappa shape index (κ1) is 19.3. The van der Waals surface area contributed by atoms with Crippen molar-refractivity contribution in [2.45, 2.75) is 25.0 Å². The van der Waals surface area contributed by atoms with Gasteiger partial charge in [-0.2, -0.15) is 0 Å². The predicted molar refractivity (Wildman–Crippen MR) is 106 cm³/mol. The lowest BCUT2D eigenvalue weighted by Crippen LogP contribution is -2.52. The van der Waals surface area contributed by atoms with E-state index in [1.807, 2.05) is 36.4 Å². The largest absolute Gasteiger partial charge is 0.511 e. The van der Waals surface area contributed by atoms with Crippen LogP contribution in [0, 0.1) is 5.92 Å². The highest BCUT2D eigenvalue weighted by atomic mass is 16.7. The Labute approximate surface area is 169 Å². The summed E-state index contributed by atoms with van der Waals surface area (Å²) in [4.78, 5) is 25.9. The molecule has 7 nitrogen and oxygen atoms in total. The highest BCUT2D eigenvalue weighted by molar-refractivity contribution is 5.69. The third kappa shape index (κ3) is 4.68. The fourth-order valence-corrected chi connectivity index (χ4v) is 4.20. The van der Waals surface area contributed by atoms with Gasteiger partial charge in [0.2, 0.25) is 0 Å². The zero-order valence-electron chi connectivity index (χ0n) is 16.0. The van der Waals surface area contributed by atoms with Gasteiger partial charge in [-0.1, -0.05) is 42.5 Å². The number of amides is 1. The molecule has 3 fully saturated rings. The Kier molecular flexibility index (Phi) is 5.67. The second-order valence-electron chi connectivity index (χ2n) is 7.51. The number of hydrogen-bond donors (Lipinski definition) is 2. The van der Waals surface area contributed by atoms with E-state index in [2.05, 4.69) is 10.2 Å². The maximum absolute atomic E-state index is 12.7. The number of alkyl carbamates (subject to hydrolysis) is 1.